The summed E-state index contributed by atoms with van der Waals surface area (Å²) in [5.74, 6) is 0. The molecule has 0 N–H and O–H groups in total. The maximum absolute atomic E-state index is 4.36. The Morgan fingerprint density at radius 2 is 1.94 bits per heavy atom. The summed E-state index contributed by atoms with van der Waals surface area (Å²) in [4.78, 5) is 9.25. The van der Waals surface area contributed by atoms with Crippen molar-refractivity contribution in [2.75, 3.05) is 32.7 Å². The third kappa shape index (κ3) is 3.15. The summed E-state index contributed by atoms with van der Waals surface area (Å²) in [6, 6.07) is 6.11. The standard InChI is InChI=1S/C13H19N3/c1-2-7-15-8-10-16(11-9-15)12-13-5-3-4-6-14-13/h2-6H,1,7-12H2. The van der Waals surface area contributed by atoms with Crippen LogP contribution in [-0.4, -0.2) is 47.5 Å². The molecule has 0 unspecified atom stereocenters. The fourth-order valence-electron chi connectivity index (χ4n) is 2.03. The molecule has 3 nitrogen and oxygen atoms in total. The Morgan fingerprint density at radius 3 is 2.56 bits per heavy atom. The second-order valence-electron chi connectivity index (χ2n) is 4.19. The first-order valence-electron chi connectivity index (χ1n) is 5.84. The van der Waals surface area contributed by atoms with Crippen LogP contribution < -0.4 is 0 Å². The van der Waals surface area contributed by atoms with E-state index in [1.807, 2.05) is 18.3 Å². The third-order valence-electron chi connectivity index (χ3n) is 2.96. The van der Waals surface area contributed by atoms with Gasteiger partial charge >= 0.3 is 0 Å². The van der Waals surface area contributed by atoms with E-state index >= 15 is 0 Å². The van der Waals surface area contributed by atoms with Gasteiger partial charge in [-0.25, -0.2) is 0 Å². The number of nitrogens with zero attached hydrogens (tertiary/aromatic N) is 3. The highest BCUT2D eigenvalue weighted by molar-refractivity contribution is 5.03. The monoisotopic (exact) mass is 217 g/mol. The Hall–Kier alpha value is -1.19. The quantitative estimate of drug-likeness (QED) is 0.710. The molecular weight excluding hydrogens is 198 g/mol. The van der Waals surface area contributed by atoms with Crippen LogP contribution in [-0.2, 0) is 6.54 Å². The molecule has 2 rings (SSSR count). The number of aromatic nitrogens is 1. The molecule has 0 atom stereocenters. The van der Waals surface area contributed by atoms with E-state index in [0.29, 0.717) is 0 Å². The first-order chi connectivity index (χ1) is 7.88. The van der Waals surface area contributed by atoms with E-state index in [9.17, 15) is 0 Å². The van der Waals surface area contributed by atoms with Crippen molar-refractivity contribution in [3.05, 3.63) is 42.7 Å². The van der Waals surface area contributed by atoms with Gasteiger partial charge in [0.2, 0.25) is 0 Å². The highest BCUT2D eigenvalue weighted by atomic mass is 15.3. The van der Waals surface area contributed by atoms with Crippen molar-refractivity contribution in [3.63, 3.8) is 0 Å². The Labute approximate surface area is 97.4 Å². The van der Waals surface area contributed by atoms with Gasteiger partial charge in [0.25, 0.3) is 0 Å². The molecule has 1 aliphatic heterocycles. The Balaban J connectivity index is 1.79. The normalized spacial score (nSPS) is 18.5. The molecule has 0 radical (unpaired) electrons. The van der Waals surface area contributed by atoms with Gasteiger partial charge in [0.05, 0.1) is 5.69 Å². The number of rotatable bonds is 4. The molecule has 0 spiro atoms. The van der Waals surface area contributed by atoms with Crippen molar-refractivity contribution in [3.8, 4) is 0 Å². The minimum absolute atomic E-state index is 0.975. The zero-order valence-corrected chi connectivity index (χ0v) is 9.68. The Morgan fingerprint density at radius 1 is 1.19 bits per heavy atom. The lowest BCUT2D eigenvalue weighted by atomic mass is 10.2. The van der Waals surface area contributed by atoms with Gasteiger partial charge in [0, 0.05) is 45.5 Å². The average molecular weight is 217 g/mol. The molecule has 2 heterocycles. The van der Waals surface area contributed by atoms with Gasteiger partial charge in [0.1, 0.15) is 0 Å². The molecule has 1 aromatic heterocycles. The minimum atomic E-state index is 0.975. The Bertz CT molecular complexity index is 315. The van der Waals surface area contributed by atoms with E-state index in [1.54, 1.807) is 0 Å². The molecular formula is C13H19N3. The van der Waals surface area contributed by atoms with Gasteiger partial charge in [-0.2, -0.15) is 0 Å². The van der Waals surface area contributed by atoms with Gasteiger partial charge in [-0.1, -0.05) is 12.1 Å². The van der Waals surface area contributed by atoms with E-state index in [0.717, 1.165) is 39.3 Å². The maximum Gasteiger partial charge on any atom is 0.0543 e. The van der Waals surface area contributed by atoms with Gasteiger partial charge in [-0.05, 0) is 12.1 Å². The lowest BCUT2D eigenvalue weighted by Crippen LogP contribution is -2.45. The van der Waals surface area contributed by atoms with Crippen LogP contribution in [0.2, 0.25) is 0 Å². The maximum atomic E-state index is 4.36. The van der Waals surface area contributed by atoms with E-state index in [-0.39, 0.29) is 0 Å². The summed E-state index contributed by atoms with van der Waals surface area (Å²) >= 11 is 0. The predicted molar refractivity (Wildman–Crippen MR) is 66.2 cm³/mol. The summed E-state index contributed by atoms with van der Waals surface area (Å²) in [6.07, 6.45) is 3.84. The summed E-state index contributed by atoms with van der Waals surface area (Å²) in [7, 11) is 0. The van der Waals surface area contributed by atoms with E-state index in [1.165, 1.54) is 5.69 Å². The fourth-order valence-corrected chi connectivity index (χ4v) is 2.03. The smallest absolute Gasteiger partial charge is 0.0543 e. The van der Waals surface area contributed by atoms with Crippen LogP contribution in [0, 0.1) is 0 Å². The summed E-state index contributed by atoms with van der Waals surface area (Å²) in [5, 5.41) is 0. The van der Waals surface area contributed by atoms with Crippen LogP contribution in [0.4, 0.5) is 0 Å². The first kappa shape index (κ1) is 11.3. The van der Waals surface area contributed by atoms with Gasteiger partial charge in [-0.3, -0.25) is 14.8 Å². The number of hydrogen-bond acceptors (Lipinski definition) is 3. The van der Waals surface area contributed by atoms with Crippen molar-refractivity contribution in [2.24, 2.45) is 0 Å². The SMILES string of the molecule is C=CCN1CCN(Cc2ccccn2)CC1. The van der Waals surface area contributed by atoms with Crippen LogP contribution in [0.5, 0.6) is 0 Å². The summed E-state index contributed by atoms with van der Waals surface area (Å²) in [5.41, 5.74) is 1.17. The van der Waals surface area contributed by atoms with Gasteiger partial charge in [0.15, 0.2) is 0 Å². The third-order valence-corrected chi connectivity index (χ3v) is 2.96. The molecule has 1 aliphatic rings. The minimum Gasteiger partial charge on any atom is -0.297 e. The predicted octanol–water partition coefficient (Wildman–Crippen LogP) is 1.39. The molecule has 1 saturated heterocycles. The molecule has 16 heavy (non-hydrogen) atoms. The van der Waals surface area contributed by atoms with Crippen LogP contribution in [0.25, 0.3) is 0 Å². The van der Waals surface area contributed by atoms with Gasteiger partial charge in [-0.15, -0.1) is 6.58 Å². The van der Waals surface area contributed by atoms with Crippen LogP contribution in [0.15, 0.2) is 37.1 Å². The molecule has 0 amide bonds. The molecule has 0 saturated carbocycles. The van der Waals surface area contributed by atoms with Crippen molar-refractivity contribution < 1.29 is 0 Å². The number of pyridine rings is 1. The molecule has 0 bridgehead atoms. The molecule has 0 aliphatic carbocycles. The topological polar surface area (TPSA) is 19.4 Å². The molecule has 0 aromatic carbocycles. The molecule has 3 heteroatoms. The lowest BCUT2D eigenvalue weighted by Gasteiger charge is -2.33. The van der Waals surface area contributed by atoms with Crippen molar-refractivity contribution in [2.45, 2.75) is 6.54 Å². The largest absolute Gasteiger partial charge is 0.297 e. The van der Waals surface area contributed by atoms with Crippen LogP contribution in [0.1, 0.15) is 5.69 Å². The molecule has 1 fully saturated rings. The van der Waals surface area contributed by atoms with Crippen LogP contribution >= 0.6 is 0 Å². The number of hydrogen-bond donors (Lipinski definition) is 0. The molecule has 1 aromatic rings. The lowest BCUT2D eigenvalue weighted by molar-refractivity contribution is 0.136. The van der Waals surface area contributed by atoms with E-state index in [4.69, 9.17) is 0 Å². The average Bonchev–Trinajstić information content (AvgIpc) is 2.33. The Kier molecular flexibility index (Phi) is 4.08. The zero-order chi connectivity index (χ0) is 11.2. The summed E-state index contributed by atoms with van der Waals surface area (Å²) in [6.45, 7) is 10.3. The number of piperazine rings is 1. The van der Waals surface area contributed by atoms with Crippen molar-refractivity contribution in [1.29, 1.82) is 0 Å². The molecule has 86 valence electrons. The highest BCUT2D eigenvalue weighted by Gasteiger charge is 2.15. The van der Waals surface area contributed by atoms with Gasteiger partial charge < -0.3 is 0 Å². The summed E-state index contributed by atoms with van der Waals surface area (Å²) < 4.78 is 0. The second kappa shape index (κ2) is 5.77. The highest BCUT2D eigenvalue weighted by Crippen LogP contribution is 2.06. The first-order valence-corrected chi connectivity index (χ1v) is 5.84. The van der Waals surface area contributed by atoms with Crippen LogP contribution in [0.3, 0.4) is 0 Å². The van der Waals surface area contributed by atoms with Crippen molar-refractivity contribution in [1.82, 2.24) is 14.8 Å². The van der Waals surface area contributed by atoms with E-state index in [2.05, 4.69) is 33.5 Å². The van der Waals surface area contributed by atoms with E-state index < -0.39 is 0 Å². The second-order valence-corrected chi connectivity index (χ2v) is 4.19. The fraction of sp³-hybridized carbons (Fsp3) is 0.462. The van der Waals surface area contributed by atoms with Crippen molar-refractivity contribution >= 4 is 0 Å². The zero-order valence-electron chi connectivity index (χ0n) is 9.68.